The van der Waals surface area contributed by atoms with Crippen LogP contribution in [0.1, 0.15) is 25.8 Å². The number of aromatic nitrogens is 2. The fourth-order valence-corrected chi connectivity index (χ4v) is 3.85. The number of halogens is 2. The maximum atomic E-state index is 13.7. The van der Waals surface area contributed by atoms with E-state index in [1.807, 2.05) is 0 Å². The van der Waals surface area contributed by atoms with Crippen LogP contribution in [0, 0.1) is 11.7 Å². The van der Waals surface area contributed by atoms with Crippen molar-refractivity contribution < 1.29 is 14.3 Å². The van der Waals surface area contributed by atoms with E-state index in [1.54, 1.807) is 6.07 Å². The highest BCUT2D eigenvalue weighted by Crippen LogP contribution is 2.42. The summed E-state index contributed by atoms with van der Waals surface area (Å²) in [6, 6.07) is 3.44. The number of aliphatic carboxylic acids is 1. The van der Waals surface area contributed by atoms with E-state index in [0.29, 0.717) is 27.1 Å². The Morgan fingerprint density at radius 2 is 2.29 bits per heavy atom. The van der Waals surface area contributed by atoms with E-state index in [0.717, 1.165) is 18.4 Å². The Morgan fingerprint density at radius 3 is 2.90 bits per heavy atom. The van der Waals surface area contributed by atoms with Crippen molar-refractivity contribution in [1.29, 1.82) is 0 Å². The van der Waals surface area contributed by atoms with Crippen LogP contribution in [0.15, 0.2) is 21.8 Å². The average molecular weight is 373 g/mol. The number of hydrogen-bond donors (Lipinski definition) is 1. The maximum Gasteiger partial charge on any atom is 0.313 e. The van der Waals surface area contributed by atoms with E-state index in [4.69, 9.17) is 5.11 Å². The third kappa shape index (κ3) is 2.81. The summed E-state index contributed by atoms with van der Waals surface area (Å²) in [5.41, 5.74) is 1.43. The summed E-state index contributed by atoms with van der Waals surface area (Å²) < 4.78 is 16.1. The third-order valence-electron chi connectivity index (χ3n) is 3.74. The van der Waals surface area contributed by atoms with Crippen molar-refractivity contribution in [3.63, 3.8) is 0 Å². The second kappa shape index (κ2) is 5.61. The van der Waals surface area contributed by atoms with Crippen LogP contribution < -0.4 is 0 Å². The summed E-state index contributed by atoms with van der Waals surface area (Å²) in [6.45, 7) is 2.19. The largest absolute Gasteiger partial charge is 0.481 e. The second-order valence-corrected chi connectivity index (χ2v) is 7.23. The van der Waals surface area contributed by atoms with Crippen LogP contribution in [-0.4, -0.2) is 26.4 Å². The molecule has 0 radical (unpaired) electrons. The van der Waals surface area contributed by atoms with Crippen LogP contribution in [0.25, 0.3) is 11.0 Å². The monoisotopic (exact) mass is 372 g/mol. The standard InChI is InChI=1S/C14H14BrFN2O2S/c1-7-2-8(3-7)18-12-4-9(15)10(16)5-11(12)17-14(18)21-6-13(19)20/h4-5,7-8H,2-3,6H2,1H3,(H,19,20). The van der Waals surface area contributed by atoms with Crippen LogP contribution in [0.2, 0.25) is 0 Å². The molecule has 21 heavy (non-hydrogen) atoms. The Morgan fingerprint density at radius 1 is 1.57 bits per heavy atom. The number of carboxylic acid groups (broad SMARTS) is 1. The van der Waals surface area contributed by atoms with E-state index in [9.17, 15) is 9.18 Å². The molecule has 0 aliphatic heterocycles. The Bertz CT molecular complexity index is 713. The lowest BCUT2D eigenvalue weighted by Crippen LogP contribution is -2.25. The first kappa shape index (κ1) is 14.8. The molecule has 112 valence electrons. The van der Waals surface area contributed by atoms with Crippen LogP contribution in [0.5, 0.6) is 0 Å². The van der Waals surface area contributed by atoms with Crippen LogP contribution in [-0.2, 0) is 4.79 Å². The molecular formula is C14H14BrFN2O2S. The fourth-order valence-electron chi connectivity index (χ4n) is 2.72. The normalized spacial score (nSPS) is 21.5. The highest BCUT2D eigenvalue weighted by Gasteiger charge is 2.30. The lowest BCUT2D eigenvalue weighted by atomic mass is 9.81. The number of rotatable bonds is 4. The number of thioether (sulfide) groups is 1. The summed E-state index contributed by atoms with van der Waals surface area (Å²) in [5, 5.41) is 9.51. The minimum atomic E-state index is -0.882. The molecule has 0 bridgehead atoms. The van der Waals surface area contributed by atoms with Gasteiger partial charge in [-0.15, -0.1) is 0 Å². The molecule has 4 nitrogen and oxygen atoms in total. The smallest absolute Gasteiger partial charge is 0.313 e. The summed E-state index contributed by atoms with van der Waals surface area (Å²) in [7, 11) is 0. The molecular weight excluding hydrogens is 359 g/mol. The highest BCUT2D eigenvalue weighted by atomic mass is 79.9. The van der Waals surface area contributed by atoms with Crippen LogP contribution >= 0.6 is 27.7 Å². The van der Waals surface area contributed by atoms with Gasteiger partial charge in [0.1, 0.15) is 5.82 Å². The summed E-state index contributed by atoms with van der Waals surface area (Å²) in [6.07, 6.45) is 2.09. The average Bonchev–Trinajstić information content (AvgIpc) is 2.71. The molecule has 7 heteroatoms. The third-order valence-corrected chi connectivity index (χ3v) is 5.28. The van der Waals surface area contributed by atoms with Gasteiger partial charge in [0.25, 0.3) is 0 Å². The predicted octanol–water partition coefficient (Wildman–Crippen LogP) is 4.09. The number of nitrogens with zero attached hydrogens (tertiary/aromatic N) is 2. The second-order valence-electron chi connectivity index (χ2n) is 5.43. The minimum Gasteiger partial charge on any atom is -0.481 e. The van der Waals surface area contributed by atoms with Gasteiger partial charge in [0, 0.05) is 12.1 Å². The molecule has 0 unspecified atom stereocenters. The van der Waals surface area contributed by atoms with Crippen molar-refractivity contribution >= 4 is 44.7 Å². The first-order valence-corrected chi connectivity index (χ1v) is 8.45. The number of carbonyl (C=O) groups is 1. The van der Waals surface area contributed by atoms with Gasteiger partial charge in [0.05, 0.1) is 21.3 Å². The zero-order valence-corrected chi connectivity index (χ0v) is 13.7. The van der Waals surface area contributed by atoms with Crippen molar-refractivity contribution in [3.8, 4) is 0 Å². The van der Waals surface area contributed by atoms with Gasteiger partial charge in [0.2, 0.25) is 0 Å². The predicted molar refractivity (Wildman–Crippen MR) is 83.2 cm³/mol. The minimum absolute atomic E-state index is 0.0464. The van der Waals surface area contributed by atoms with Gasteiger partial charge in [0.15, 0.2) is 5.16 Å². The molecule has 1 fully saturated rings. The number of carboxylic acids is 1. The number of benzene rings is 1. The van der Waals surface area contributed by atoms with E-state index < -0.39 is 5.97 Å². The molecule has 3 rings (SSSR count). The maximum absolute atomic E-state index is 13.7. The lowest BCUT2D eigenvalue weighted by molar-refractivity contribution is -0.133. The van der Waals surface area contributed by atoms with Crippen molar-refractivity contribution in [2.24, 2.45) is 5.92 Å². The lowest BCUT2D eigenvalue weighted by Gasteiger charge is -2.35. The first-order chi connectivity index (χ1) is 9.95. The van der Waals surface area contributed by atoms with Crippen molar-refractivity contribution in [2.45, 2.75) is 31.0 Å². The number of imidazole rings is 1. The van der Waals surface area contributed by atoms with E-state index >= 15 is 0 Å². The zero-order valence-electron chi connectivity index (χ0n) is 11.3. The Balaban J connectivity index is 2.06. The summed E-state index contributed by atoms with van der Waals surface area (Å²) >= 11 is 4.39. The first-order valence-electron chi connectivity index (χ1n) is 6.67. The van der Waals surface area contributed by atoms with E-state index in [1.165, 1.54) is 17.8 Å². The quantitative estimate of drug-likeness (QED) is 0.821. The van der Waals surface area contributed by atoms with Gasteiger partial charge in [-0.25, -0.2) is 9.37 Å². The van der Waals surface area contributed by atoms with Gasteiger partial charge < -0.3 is 9.67 Å². The van der Waals surface area contributed by atoms with Gasteiger partial charge in [-0.05, 0) is 40.8 Å². The molecule has 1 aromatic carbocycles. The molecule has 1 heterocycles. The zero-order chi connectivity index (χ0) is 15.1. The Kier molecular flexibility index (Phi) is 3.96. The molecule has 0 atom stereocenters. The van der Waals surface area contributed by atoms with E-state index in [2.05, 4.69) is 32.4 Å². The molecule has 2 aromatic rings. The molecule has 1 saturated carbocycles. The molecule has 1 N–H and O–H groups in total. The van der Waals surface area contributed by atoms with Crippen molar-refractivity contribution in [1.82, 2.24) is 9.55 Å². The number of hydrogen-bond acceptors (Lipinski definition) is 3. The highest BCUT2D eigenvalue weighted by molar-refractivity contribution is 9.10. The van der Waals surface area contributed by atoms with Gasteiger partial charge in [-0.1, -0.05) is 18.7 Å². The number of fused-ring (bicyclic) bond motifs is 1. The van der Waals surface area contributed by atoms with Crippen molar-refractivity contribution in [3.05, 3.63) is 22.4 Å². The summed E-state index contributed by atoms with van der Waals surface area (Å²) in [4.78, 5) is 15.2. The summed E-state index contributed by atoms with van der Waals surface area (Å²) in [5.74, 6) is -0.625. The molecule has 1 aliphatic rings. The van der Waals surface area contributed by atoms with Gasteiger partial charge in [-0.3, -0.25) is 4.79 Å². The van der Waals surface area contributed by atoms with Crippen LogP contribution in [0.3, 0.4) is 0 Å². The Hall–Kier alpha value is -1.08. The molecule has 0 amide bonds. The van der Waals surface area contributed by atoms with Crippen LogP contribution in [0.4, 0.5) is 4.39 Å². The molecule has 1 aromatic heterocycles. The fraction of sp³-hybridized carbons (Fsp3) is 0.429. The topological polar surface area (TPSA) is 55.1 Å². The van der Waals surface area contributed by atoms with E-state index in [-0.39, 0.29) is 11.6 Å². The molecule has 1 aliphatic carbocycles. The molecule has 0 saturated heterocycles. The van der Waals surface area contributed by atoms with Crippen molar-refractivity contribution in [2.75, 3.05) is 5.75 Å². The van der Waals surface area contributed by atoms with Gasteiger partial charge in [-0.2, -0.15) is 0 Å². The Labute approximate surface area is 133 Å². The van der Waals surface area contributed by atoms with Gasteiger partial charge >= 0.3 is 5.97 Å². The molecule has 0 spiro atoms. The SMILES string of the molecule is CC1CC(n2c(SCC(=O)O)nc3cc(F)c(Br)cc32)C1.